The summed E-state index contributed by atoms with van der Waals surface area (Å²) in [5.41, 5.74) is -0.0892. The number of hydrogen-bond donors (Lipinski definition) is 1. The van der Waals surface area contributed by atoms with Crippen LogP contribution in [-0.4, -0.2) is 68.9 Å². The summed E-state index contributed by atoms with van der Waals surface area (Å²) in [6, 6.07) is 4.26. The zero-order chi connectivity index (χ0) is 31.2. The largest absolute Gasteiger partial charge is 0.490 e. The van der Waals surface area contributed by atoms with E-state index in [1.807, 2.05) is 27.7 Å². The van der Waals surface area contributed by atoms with Gasteiger partial charge in [-0.1, -0.05) is 0 Å². The van der Waals surface area contributed by atoms with E-state index < -0.39 is 41.2 Å². The molecule has 2 aromatic heterocycles. The molecular weight excluding hydrogens is 587 g/mol. The van der Waals surface area contributed by atoms with Gasteiger partial charge in [0.2, 0.25) is 5.82 Å². The summed E-state index contributed by atoms with van der Waals surface area (Å²) in [6.45, 7) is 9.83. The number of morpholine rings is 1. The highest BCUT2D eigenvalue weighted by Gasteiger charge is 2.54. The standard InChI is InChI=1S/C29H32F3N5O5S/c1-16-10-33-24(43-16)19-6-18(23(38)36-17(2)20-11-34-25(35-12-20)29(30,31)32)7-22(8-19)40-15-28-9-21(13-41-28)37(14-28)26(39)42-27(3,4)5/h6-8,10-12,17,21H,9,13-15H2,1-5H3,(H,36,38). The maximum atomic E-state index is 13.3. The molecule has 1 N–H and O–H groups in total. The van der Waals surface area contributed by atoms with E-state index in [1.165, 1.54) is 11.3 Å². The van der Waals surface area contributed by atoms with Crippen molar-refractivity contribution in [3.63, 3.8) is 0 Å². The second-order valence-electron chi connectivity index (χ2n) is 11.8. The van der Waals surface area contributed by atoms with Crippen LogP contribution in [0, 0.1) is 6.92 Å². The molecule has 0 spiro atoms. The third kappa shape index (κ3) is 7.07. The van der Waals surface area contributed by atoms with Crippen LogP contribution in [0.2, 0.25) is 0 Å². The van der Waals surface area contributed by atoms with Crippen LogP contribution >= 0.6 is 11.3 Å². The van der Waals surface area contributed by atoms with Gasteiger partial charge in [-0.25, -0.2) is 19.7 Å². The number of hydrogen-bond acceptors (Lipinski definition) is 9. The van der Waals surface area contributed by atoms with Gasteiger partial charge in [0.15, 0.2) is 0 Å². The van der Waals surface area contributed by atoms with Crippen molar-refractivity contribution in [3.05, 3.63) is 58.6 Å². The summed E-state index contributed by atoms with van der Waals surface area (Å²) in [5.74, 6) is -1.32. The number of aromatic nitrogens is 3. The summed E-state index contributed by atoms with van der Waals surface area (Å²) in [4.78, 5) is 39.9. The number of halogens is 3. The van der Waals surface area contributed by atoms with Gasteiger partial charge in [0, 0.05) is 46.6 Å². The van der Waals surface area contributed by atoms with Gasteiger partial charge in [0.25, 0.3) is 5.91 Å². The van der Waals surface area contributed by atoms with Gasteiger partial charge in [-0.15, -0.1) is 11.3 Å². The number of carbonyl (C=O) groups is 2. The fourth-order valence-corrected chi connectivity index (χ4v) is 5.71. The molecule has 0 radical (unpaired) electrons. The molecule has 10 nitrogen and oxygen atoms in total. The Morgan fingerprint density at radius 2 is 1.88 bits per heavy atom. The third-order valence-corrected chi connectivity index (χ3v) is 7.99. The van der Waals surface area contributed by atoms with Crippen LogP contribution in [0.1, 0.15) is 66.8 Å². The monoisotopic (exact) mass is 619 g/mol. The molecule has 14 heteroatoms. The average Bonchev–Trinajstić information content (AvgIpc) is 3.66. The number of alkyl halides is 3. The number of aryl methyl sites for hydroxylation is 1. The first-order valence-electron chi connectivity index (χ1n) is 13.7. The molecule has 2 bridgehead atoms. The molecule has 4 heterocycles. The van der Waals surface area contributed by atoms with Crippen LogP contribution in [0.25, 0.3) is 10.6 Å². The molecule has 3 unspecified atom stereocenters. The number of rotatable bonds is 7. The lowest BCUT2D eigenvalue weighted by Crippen LogP contribution is -2.49. The minimum absolute atomic E-state index is 0.111. The summed E-state index contributed by atoms with van der Waals surface area (Å²) in [6.07, 6.45) is -0.643. The summed E-state index contributed by atoms with van der Waals surface area (Å²) < 4.78 is 56.4. The van der Waals surface area contributed by atoms with Crippen molar-refractivity contribution in [2.45, 2.75) is 70.5 Å². The highest BCUT2D eigenvalue weighted by atomic mass is 32.1. The first-order chi connectivity index (χ1) is 20.1. The fourth-order valence-electron chi connectivity index (χ4n) is 4.96. The number of benzene rings is 1. The topological polar surface area (TPSA) is 116 Å². The molecule has 43 heavy (non-hydrogen) atoms. The molecule has 230 valence electrons. The van der Waals surface area contributed by atoms with E-state index in [9.17, 15) is 22.8 Å². The molecule has 2 aliphatic rings. The van der Waals surface area contributed by atoms with Crippen LogP contribution in [0.5, 0.6) is 5.75 Å². The first kappa shape index (κ1) is 30.7. The molecular formula is C29H32F3N5O5S. The number of ether oxygens (including phenoxy) is 3. The van der Waals surface area contributed by atoms with E-state index in [0.29, 0.717) is 41.5 Å². The Hall–Kier alpha value is -3.78. The lowest BCUT2D eigenvalue weighted by Gasteiger charge is -2.33. The fraction of sp³-hybridized carbons (Fsp3) is 0.483. The number of nitrogens with zero attached hydrogens (tertiary/aromatic N) is 4. The minimum atomic E-state index is -4.66. The average molecular weight is 620 g/mol. The van der Waals surface area contributed by atoms with Crippen LogP contribution in [0.4, 0.5) is 18.0 Å². The predicted molar refractivity (Wildman–Crippen MR) is 151 cm³/mol. The zero-order valence-electron chi connectivity index (χ0n) is 24.3. The van der Waals surface area contributed by atoms with Crippen molar-refractivity contribution in [1.82, 2.24) is 25.2 Å². The van der Waals surface area contributed by atoms with Gasteiger partial charge < -0.3 is 19.5 Å². The first-order valence-corrected chi connectivity index (χ1v) is 14.5. The van der Waals surface area contributed by atoms with Crippen molar-refractivity contribution in [2.75, 3.05) is 19.8 Å². The van der Waals surface area contributed by atoms with Gasteiger partial charge >= 0.3 is 12.3 Å². The lowest BCUT2D eigenvalue weighted by molar-refractivity contribution is -0.145. The third-order valence-electron chi connectivity index (χ3n) is 7.03. The second kappa shape index (κ2) is 11.4. The second-order valence-corrected chi connectivity index (χ2v) is 13.0. The number of thiazole rings is 1. The molecule has 5 rings (SSSR count). The molecule has 0 saturated carbocycles. The van der Waals surface area contributed by atoms with E-state index in [1.54, 1.807) is 36.2 Å². The van der Waals surface area contributed by atoms with Gasteiger partial charge in [-0.05, 0) is 52.8 Å². The highest BCUT2D eigenvalue weighted by molar-refractivity contribution is 7.14. The Bertz CT molecular complexity index is 1510. The maximum absolute atomic E-state index is 13.3. The van der Waals surface area contributed by atoms with E-state index in [0.717, 1.165) is 17.3 Å². The molecule has 2 amide bonds. The van der Waals surface area contributed by atoms with Crippen molar-refractivity contribution in [1.29, 1.82) is 0 Å². The van der Waals surface area contributed by atoms with Gasteiger partial charge in [0.05, 0.1) is 25.2 Å². The predicted octanol–water partition coefficient (Wildman–Crippen LogP) is 5.58. The van der Waals surface area contributed by atoms with Gasteiger partial charge in [-0.2, -0.15) is 13.2 Å². The van der Waals surface area contributed by atoms with Crippen molar-refractivity contribution < 1.29 is 37.0 Å². The van der Waals surface area contributed by atoms with Crippen molar-refractivity contribution >= 4 is 23.3 Å². The zero-order valence-corrected chi connectivity index (χ0v) is 25.1. The smallest absolute Gasteiger partial charge is 0.451 e. The Morgan fingerprint density at radius 3 is 2.51 bits per heavy atom. The van der Waals surface area contributed by atoms with Gasteiger partial charge in [0.1, 0.15) is 28.6 Å². The van der Waals surface area contributed by atoms with E-state index in [4.69, 9.17) is 14.2 Å². The van der Waals surface area contributed by atoms with Crippen LogP contribution in [0.15, 0.2) is 36.8 Å². The Balaban J connectivity index is 1.33. The van der Waals surface area contributed by atoms with Crippen LogP contribution in [-0.2, 0) is 15.7 Å². The van der Waals surface area contributed by atoms with Crippen LogP contribution in [0.3, 0.4) is 0 Å². The van der Waals surface area contributed by atoms with Gasteiger partial charge in [-0.3, -0.25) is 9.69 Å². The van der Waals surface area contributed by atoms with E-state index in [2.05, 4.69) is 20.3 Å². The normalized spacial score (nSPS) is 20.7. The Labute approximate surface area is 250 Å². The number of fused-ring (bicyclic) bond motifs is 2. The maximum Gasteiger partial charge on any atom is 0.451 e. The number of likely N-dealkylation sites (tertiary alicyclic amines) is 1. The van der Waals surface area contributed by atoms with E-state index >= 15 is 0 Å². The van der Waals surface area contributed by atoms with E-state index in [-0.39, 0.29) is 18.2 Å². The molecule has 3 atom stereocenters. The van der Waals surface area contributed by atoms with Crippen LogP contribution < -0.4 is 10.1 Å². The summed E-state index contributed by atoms with van der Waals surface area (Å²) in [7, 11) is 0. The molecule has 2 fully saturated rings. The quantitative estimate of drug-likeness (QED) is 0.365. The molecule has 2 aliphatic heterocycles. The summed E-state index contributed by atoms with van der Waals surface area (Å²) in [5, 5.41) is 3.47. The molecule has 2 saturated heterocycles. The SMILES string of the molecule is Cc1cnc(-c2cc(OCC34CC(CO3)N(C(=O)OC(C)(C)C)C4)cc(C(=O)NC(C)c3cnc(C(F)(F)F)nc3)c2)s1. The Morgan fingerprint density at radius 1 is 1.16 bits per heavy atom. The van der Waals surface area contributed by atoms with Crippen molar-refractivity contribution in [3.8, 4) is 16.3 Å². The lowest BCUT2D eigenvalue weighted by atomic mass is 10.0. The van der Waals surface area contributed by atoms with Crippen molar-refractivity contribution in [2.24, 2.45) is 0 Å². The highest BCUT2D eigenvalue weighted by Crippen LogP contribution is 2.39. The number of carbonyl (C=O) groups excluding carboxylic acids is 2. The minimum Gasteiger partial charge on any atom is -0.490 e. The summed E-state index contributed by atoms with van der Waals surface area (Å²) >= 11 is 1.46. The number of amides is 2. The molecule has 0 aliphatic carbocycles. The number of nitrogens with one attached hydrogen (secondary N) is 1. The molecule has 3 aromatic rings. The molecule has 1 aromatic carbocycles. The Kier molecular flexibility index (Phi) is 8.11.